The van der Waals surface area contributed by atoms with Crippen molar-refractivity contribution in [3.05, 3.63) is 35.9 Å². The molecule has 1 fully saturated rings. The monoisotopic (exact) mass is 247 g/mol. The molecule has 3 unspecified atom stereocenters. The van der Waals surface area contributed by atoms with Crippen molar-refractivity contribution in [2.24, 2.45) is 5.92 Å². The lowest BCUT2D eigenvalue weighted by molar-refractivity contribution is -0.122. The van der Waals surface area contributed by atoms with Crippen molar-refractivity contribution in [3.63, 3.8) is 0 Å². The molecule has 1 aromatic rings. The maximum Gasteiger partial charge on any atom is 0.227 e. The number of hydrogen-bond donors (Lipinski definition) is 2. The van der Waals surface area contributed by atoms with Crippen LogP contribution in [-0.2, 0) is 4.79 Å². The minimum absolute atomic E-state index is 0.0419. The highest BCUT2D eigenvalue weighted by Gasteiger charge is 2.26. The number of carbonyl (C=O) groups excluding carboxylic acids is 1. The average molecular weight is 247 g/mol. The summed E-state index contributed by atoms with van der Waals surface area (Å²) >= 11 is 0. The van der Waals surface area contributed by atoms with Crippen LogP contribution >= 0.6 is 0 Å². The fourth-order valence-electron chi connectivity index (χ4n) is 2.53. The van der Waals surface area contributed by atoms with Crippen molar-refractivity contribution < 1.29 is 9.90 Å². The Morgan fingerprint density at radius 2 is 2.11 bits per heavy atom. The van der Waals surface area contributed by atoms with Crippen molar-refractivity contribution in [1.29, 1.82) is 0 Å². The van der Waals surface area contributed by atoms with Crippen LogP contribution in [0.3, 0.4) is 0 Å². The number of carbonyl (C=O) groups is 1. The SMILES string of the molecule is CC(C(=O)NCC1CCCC1O)c1ccccc1. The predicted molar refractivity (Wildman–Crippen MR) is 71.2 cm³/mol. The van der Waals surface area contributed by atoms with Crippen LogP contribution in [0.1, 0.15) is 37.7 Å². The zero-order valence-corrected chi connectivity index (χ0v) is 10.8. The third-order valence-corrected chi connectivity index (χ3v) is 3.85. The van der Waals surface area contributed by atoms with E-state index in [1.807, 2.05) is 37.3 Å². The molecular weight excluding hydrogens is 226 g/mol. The molecule has 0 aromatic heterocycles. The summed E-state index contributed by atoms with van der Waals surface area (Å²) in [6.45, 7) is 2.51. The molecule has 0 radical (unpaired) electrons. The molecular formula is C15H21NO2. The van der Waals surface area contributed by atoms with Crippen LogP contribution in [0, 0.1) is 5.92 Å². The van der Waals surface area contributed by atoms with Crippen molar-refractivity contribution in [3.8, 4) is 0 Å². The van der Waals surface area contributed by atoms with Gasteiger partial charge in [-0.25, -0.2) is 0 Å². The molecule has 2 rings (SSSR count). The minimum Gasteiger partial charge on any atom is -0.393 e. The van der Waals surface area contributed by atoms with Gasteiger partial charge in [0.1, 0.15) is 0 Å². The topological polar surface area (TPSA) is 49.3 Å². The number of nitrogens with one attached hydrogen (secondary N) is 1. The Labute approximate surface area is 108 Å². The molecule has 3 nitrogen and oxygen atoms in total. The first kappa shape index (κ1) is 13.1. The second kappa shape index (κ2) is 6.01. The molecule has 98 valence electrons. The number of aliphatic hydroxyl groups excluding tert-OH is 1. The lowest BCUT2D eigenvalue weighted by Crippen LogP contribution is -2.34. The third-order valence-electron chi connectivity index (χ3n) is 3.85. The second-order valence-electron chi connectivity index (χ2n) is 5.14. The van der Waals surface area contributed by atoms with E-state index in [1.54, 1.807) is 0 Å². The highest BCUT2D eigenvalue weighted by atomic mass is 16.3. The summed E-state index contributed by atoms with van der Waals surface area (Å²) in [5.41, 5.74) is 1.03. The fourth-order valence-corrected chi connectivity index (χ4v) is 2.53. The Hall–Kier alpha value is -1.35. The van der Waals surface area contributed by atoms with E-state index >= 15 is 0 Å². The molecule has 0 heterocycles. The van der Waals surface area contributed by atoms with Gasteiger partial charge >= 0.3 is 0 Å². The number of hydrogen-bond acceptors (Lipinski definition) is 2. The maximum absolute atomic E-state index is 12.0. The largest absolute Gasteiger partial charge is 0.393 e. The first-order valence-electron chi connectivity index (χ1n) is 6.69. The fraction of sp³-hybridized carbons (Fsp3) is 0.533. The lowest BCUT2D eigenvalue weighted by atomic mass is 10.00. The molecule has 2 N–H and O–H groups in total. The summed E-state index contributed by atoms with van der Waals surface area (Å²) in [6.07, 6.45) is 2.71. The molecule has 1 saturated carbocycles. The zero-order chi connectivity index (χ0) is 13.0. The van der Waals surface area contributed by atoms with Crippen LogP contribution in [0.15, 0.2) is 30.3 Å². The van der Waals surface area contributed by atoms with Crippen molar-refractivity contribution in [2.75, 3.05) is 6.54 Å². The molecule has 0 bridgehead atoms. The van der Waals surface area contributed by atoms with Gasteiger partial charge in [-0.3, -0.25) is 4.79 Å². The Kier molecular flexibility index (Phi) is 4.37. The van der Waals surface area contributed by atoms with Crippen LogP contribution in [0.4, 0.5) is 0 Å². The van der Waals surface area contributed by atoms with E-state index < -0.39 is 0 Å². The van der Waals surface area contributed by atoms with Crippen molar-refractivity contribution >= 4 is 5.91 Å². The Morgan fingerprint density at radius 3 is 2.72 bits per heavy atom. The maximum atomic E-state index is 12.0. The third kappa shape index (κ3) is 3.10. The molecule has 3 heteroatoms. The molecule has 3 atom stereocenters. The summed E-state index contributed by atoms with van der Waals surface area (Å²) < 4.78 is 0. The zero-order valence-electron chi connectivity index (χ0n) is 10.8. The standard InChI is InChI=1S/C15H21NO2/c1-11(12-6-3-2-4-7-12)15(18)16-10-13-8-5-9-14(13)17/h2-4,6-7,11,13-14,17H,5,8-10H2,1H3,(H,16,18). The van der Waals surface area contributed by atoms with Gasteiger partial charge in [-0.1, -0.05) is 36.8 Å². The van der Waals surface area contributed by atoms with E-state index in [4.69, 9.17) is 0 Å². The van der Waals surface area contributed by atoms with Crippen LogP contribution in [-0.4, -0.2) is 23.7 Å². The van der Waals surface area contributed by atoms with Gasteiger partial charge < -0.3 is 10.4 Å². The van der Waals surface area contributed by atoms with Crippen LogP contribution in [0.2, 0.25) is 0 Å². The highest BCUT2D eigenvalue weighted by Crippen LogP contribution is 2.25. The summed E-state index contributed by atoms with van der Waals surface area (Å²) in [4.78, 5) is 12.0. The Bertz CT molecular complexity index is 391. The van der Waals surface area contributed by atoms with E-state index in [0.29, 0.717) is 6.54 Å². The van der Waals surface area contributed by atoms with Crippen molar-refractivity contribution in [2.45, 2.75) is 38.2 Å². The molecule has 1 aromatic carbocycles. The molecule has 0 aliphatic heterocycles. The van der Waals surface area contributed by atoms with Crippen LogP contribution in [0.25, 0.3) is 0 Å². The van der Waals surface area contributed by atoms with E-state index in [2.05, 4.69) is 5.32 Å². The molecule has 18 heavy (non-hydrogen) atoms. The lowest BCUT2D eigenvalue weighted by Gasteiger charge is -2.17. The predicted octanol–water partition coefficient (Wildman–Crippen LogP) is 2.07. The Morgan fingerprint density at radius 1 is 1.39 bits per heavy atom. The number of benzene rings is 1. The number of amides is 1. The molecule has 0 saturated heterocycles. The number of rotatable bonds is 4. The van der Waals surface area contributed by atoms with Gasteiger partial charge in [-0.15, -0.1) is 0 Å². The number of aliphatic hydroxyl groups is 1. The van der Waals surface area contributed by atoms with Crippen molar-refractivity contribution in [1.82, 2.24) is 5.32 Å². The first-order valence-corrected chi connectivity index (χ1v) is 6.69. The smallest absolute Gasteiger partial charge is 0.227 e. The van der Waals surface area contributed by atoms with Crippen LogP contribution < -0.4 is 5.32 Å². The summed E-state index contributed by atoms with van der Waals surface area (Å²) in [7, 11) is 0. The average Bonchev–Trinajstić information content (AvgIpc) is 2.81. The molecule has 1 aliphatic rings. The Balaban J connectivity index is 1.84. The highest BCUT2D eigenvalue weighted by molar-refractivity contribution is 5.83. The van der Waals surface area contributed by atoms with Gasteiger partial charge in [0.25, 0.3) is 0 Å². The summed E-state index contributed by atoms with van der Waals surface area (Å²) in [5.74, 6) is 0.141. The van der Waals surface area contributed by atoms with Gasteiger partial charge in [0.05, 0.1) is 12.0 Å². The quantitative estimate of drug-likeness (QED) is 0.855. The second-order valence-corrected chi connectivity index (χ2v) is 5.14. The molecule has 1 amide bonds. The summed E-state index contributed by atoms with van der Waals surface area (Å²) in [6, 6.07) is 9.77. The van der Waals surface area contributed by atoms with Gasteiger partial charge in [0.2, 0.25) is 5.91 Å². The minimum atomic E-state index is -0.239. The van der Waals surface area contributed by atoms with Gasteiger partial charge in [-0.05, 0) is 25.3 Å². The first-order chi connectivity index (χ1) is 8.68. The van der Waals surface area contributed by atoms with E-state index in [-0.39, 0.29) is 23.8 Å². The molecule has 0 spiro atoms. The molecule has 1 aliphatic carbocycles. The van der Waals surface area contributed by atoms with Gasteiger partial charge in [0, 0.05) is 12.5 Å². The van der Waals surface area contributed by atoms with E-state index in [1.165, 1.54) is 0 Å². The van der Waals surface area contributed by atoms with Crippen LogP contribution in [0.5, 0.6) is 0 Å². The van der Waals surface area contributed by atoms with Gasteiger partial charge in [-0.2, -0.15) is 0 Å². The van der Waals surface area contributed by atoms with Gasteiger partial charge in [0.15, 0.2) is 0 Å². The summed E-state index contributed by atoms with van der Waals surface area (Å²) in [5, 5.41) is 12.7. The van der Waals surface area contributed by atoms with E-state index in [9.17, 15) is 9.90 Å². The normalized spacial score (nSPS) is 24.8. The van der Waals surface area contributed by atoms with E-state index in [0.717, 1.165) is 24.8 Å².